The number of para-hydroxylation sites is 3. The summed E-state index contributed by atoms with van der Waals surface area (Å²) in [5, 5.41) is 18.7. The van der Waals surface area contributed by atoms with Crippen molar-refractivity contribution in [3.8, 4) is 23.0 Å². The molecule has 0 aliphatic rings. The van der Waals surface area contributed by atoms with Crippen molar-refractivity contribution in [2.24, 2.45) is 5.14 Å². The van der Waals surface area contributed by atoms with E-state index in [9.17, 15) is 13.5 Å². The van der Waals surface area contributed by atoms with Gasteiger partial charge in [0.05, 0.1) is 17.6 Å². The van der Waals surface area contributed by atoms with Gasteiger partial charge in [0.2, 0.25) is 15.9 Å². The summed E-state index contributed by atoms with van der Waals surface area (Å²) in [6, 6.07) is 17.0. The molecule has 0 atom stereocenters. The van der Waals surface area contributed by atoms with E-state index in [1.807, 2.05) is 6.07 Å². The van der Waals surface area contributed by atoms with Crippen LogP contribution in [0.1, 0.15) is 5.56 Å². The number of sulfonamides is 1. The summed E-state index contributed by atoms with van der Waals surface area (Å²) in [4.78, 5) is 4.24. The minimum Gasteiger partial charge on any atom is -0.504 e. The average Bonchev–Trinajstić information content (AvgIpc) is 3.16. The number of aromatic nitrogens is 1. The van der Waals surface area contributed by atoms with Gasteiger partial charge >= 0.3 is 0 Å². The van der Waals surface area contributed by atoms with Crippen LogP contribution in [-0.4, -0.2) is 25.6 Å². The molecule has 0 amide bonds. The van der Waals surface area contributed by atoms with Crippen LogP contribution in [0, 0.1) is 0 Å². The van der Waals surface area contributed by atoms with Crippen molar-refractivity contribution in [3.05, 3.63) is 66.2 Å². The van der Waals surface area contributed by atoms with Gasteiger partial charge in [0.1, 0.15) is 5.52 Å². The van der Waals surface area contributed by atoms with Crippen LogP contribution < -0.4 is 15.2 Å². The first-order chi connectivity index (χ1) is 14.4. The normalized spacial score (nSPS) is 11.5. The molecule has 0 aliphatic carbocycles. The van der Waals surface area contributed by atoms with Gasteiger partial charge in [-0.15, -0.1) is 0 Å². The summed E-state index contributed by atoms with van der Waals surface area (Å²) in [5.74, 6) is 0.533. The molecule has 154 valence electrons. The van der Waals surface area contributed by atoms with Gasteiger partial charge in [0.15, 0.2) is 17.1 Å². The molecule has 0 radical (unpaired) electrons. The van der Waals surface area contributed by atoms with E-state index in [0.717, 1.165) is 0 Å². The summed E-state index contributed by atoms with van der Waals surface area (Å²) >= 11 is 0. The van der Waals surface area contributed by atoms with Crippen molar-refractivity contribution in [2.45, 2.75) is 11.4 Å². The third kappa shape index (κ3) is 3.80. The van der Waals surface area contributed by atoms with E-state index in [4.69, 9.17) is 14.3 Å². The van der Waals surface area contributed by atoms with Crippen LogP contribution >= 0.6 is 0 Å². The Labute approximate surface area is 173 Å². The van der Waals surface area contributed by atoms with Gasteiger partial charge in [-0.1, -0.05) is 24.3 Å². The molecule has 30 heavy (non-hydrogen) atoms. The lowest BCUT2D eigenvalue weighted by Gasteiger charge is -2.12. The highest BCUT2D eigenvalue weighted by Gasteiger charge is 2.20. The number of aromatic hydroxyl groups is 1. The molecular weight excluding hydrogens is 406 g/mol. The number of hydrogen-bond acceptors (Lipinski definition) is 7. The van der Waals surface area contributed by atoms with Crippen LogP contribution in [0.3, 0.4) is 0 Å². The molecule has 9 heteroatoms. The van der Waals surface area contributed by atoms with Crippen LogP contribution in [0.5, 0.6) is 11.5 Å². The van der Waals surface area contributed by atoms with E-state index in [-0.39, 0.29) is 28.6 Å². The molecule has 1 aromatic heterocycles. The number of ether oxygens (including phenoxy) is 1. The van der Waals surface area contributed by atoms with Crippen LogP contribution in [-0.2, 0) is 16.6 Å². The zero-order valence-electron chi connectivity index (χ0n) is 16.0. The highest BCUT2D eigenvalue weighted by Crippen LogP contribution is 2.33. The second-order valence-corrected chi connectivity index (χ2v) is 8.09. The fraction of sp³-hybridized carbons (Fsp3) is 0.0952. The maximum atomic E-state index is 12.2. The first-order valence-corrected chi connectivity index (χ1v) is 10.5. The largest absolute Gasteiger partial charge is 0.504 e. The summed E-state index contributed by atoms with van der Waals surface area (Å²) < 4.78 is 35.3. The molecule has 1 heterocycles. The standard InChI is InChI=1S/C21H19N3O5S/c1-28-18-8-4-5-13(20(18)25)12-23-14-9-10-15(19(11-14)30(22,26)27)21-24-16-6-2-3-7-17(16)29-21/h2-11,23,25H,12H2,1H3,(H2,22,26,27). The Hall–Kier alpha value is -3.56. The maximum Gasteiger partial charge on any atom is 0.238 e. The fourth-order valence-corrected chi connectivity index (χ4v) is 3.86. The highest BCUT2D eigenvalue weighted by atomic mass is 32.2. The minimum atomic E-state index is -4.05. The van der Waals surface area contributed by atoms with E-state index in [1.165, 1.54) is 13.2 Å². The molecule has 8 nitrogen and oxygen atoms in total. The molecule has 3 aromatic carbocycles. The third-order valence-corrected chi connectivity index (χ3v) is 5.55. The Bertz CT molecular complexity index is 1300. The minimum absolute atomic E-state index is 0.0160. The second kappa shape index (κ2) is 7.69. The number of phenolic OH excluding ortho intramolecular Hbond substituents is 1. The summed E-state index contributed by atoms with van der Waals surface area (Å²) in [6.45, 7) is 0.245. The molecule has 0 aliphatic heterocycles. The molecule has 4 aromatic rings. The number of hydrogen-bond donors (Lipinski definition) is 3. The maximum absolute atomic E-state index is 12.2. The van der Waals surface area contributed by atoms with E-state index in [1.54, 1.807) is 48.5 Å². The van der Waals surface area contributed by atoms with Crippen molar-refractivity contribution in [1.29, 1.82) is 0 Å². The molecule has 0 saturated heterocycles. The molecule has 0 fully saturated rings. The van der Waals surface area contributed by atoms with Gasteiger partial charge in [-0.3, -0.25) is 0 Å². The Balaban J connectivity index is 1.68. The second-order valence-electron chi connectivity index (χ2n) is 6.56. The molecule has 0 unspecified atom stereocenters. The van der Waals surface area contributed by atoms with Gasteiger partial charge in [-0.05, 0) is 36.4 Å². The van der Waals surface area contributed by atoms with Gasteiger partial charge in [-0.25, -0.2) is 18.5 Å². The Morgan fingerprint density at radius 2 is 1.93 bits per heavy atom. The van der Waals surface area contributed by atoms with Crippen molar-refractivity contribution >= 4 is 26.8 Å². The molecule has 0 bridgehead atoms. The van der Waals surface area contributed by atoms with Crippen molar-refractivity contribution in [3.63, 3.8) is 0 Å². The lowest BCUT2D eigenvalue weighted by Crippen LogP contribution is -2.14. The molecule has 0 spiro atoms. The van der Waals surface area contributed by atoms with E-state index in [2.05, 4.69) is 10.3 Å². The van der Waals surface area contributed by atoms with Crippen LogP contribution in [0.4, 0.5) is 5.69 Å². The monoisotopic (exact) mass is 425 g/mol. The quantitative estimate of drug-likeness (QED) is 0.431. The zero-order chi connectivity index (χ0) is 21.3. The first-order valence-electron chi connectivity index (χ1n) is 8.98. The summed E-state index contributed by atoms with van der Waals surface area (Å²) in [6.07, 6.45) is 0. The predicted octanol–water partition coefficient (Wildman–Crippen LogP) is 3.47. The number of nitrogens with zero attached hydrogens (tertiary/aromatic N) is 1. The number of phenols is 1. The van der Waals surface area contributed by atoms with E-state index >= 15 is 0 Å². The Morgan fingerprint density at radius 1 is 1.13 bits per heavy atom. The van der Waals surface area contributed by atoms with E-state index < -0.39 is 10.0 Å². The van der Waals surface area contributed by atoms with Crippen LogP contribution in [0.15, 0.2) is 70.0 Å². The number of oxazole rings is 1. The van der Waals surface area contributed by atoms with Gasteiger partial charge in [-0.2, -0.15) is 0 Å². The van der Waals surface area contributed by atoms with Gasteiger partial charge in [0, 0.05) is 17.8 Å². The van der Waals surface area contributed by atoms with Crippen LogP contribution in [0.2, 0.25) is 0 Å². The lowest BCUT2D eigenvalue weighted by atomic mass is 10.1. The van der Waals surface area contributed by atoms with Crippen LogP contribution in [0.25, 0.3) is 22.6 Å². The molecule has 4 N–H and O–H groups in total. The van der Waals surface area contributed by atoms with E-state index in [0.29, 0.717) is 28.1 Å². The average molecular weight is 425 g/mol. The first kappa shape index (κ1) is 19.7. The number of methoxy groups -OCH3 is 1. The predicted molar refractivity (Wildman–Crippen MR) is 113 cm³/mol. The number of nitrogens with two attached hydrogens (primary N) is 1. The smallest absolute Gasteiger partial charge is 0.238 e. The third-order valence-electron chi connectivity index (χ3n) is 4.60. The Kier molecular flexibility index (Phi) is 5.06. The summed E-state index contributed by atoms with van der Waals surface area (Å²) in [7, 11) is -2.59. The van der Waals surface area contributed by atoms with Gasteiger partial charge < -0.3 is 19.6 Å². The SMILES string of the molecule is COc1cccc(CNc2ccc(-c3nc4ccccc4o3)c(S(N)(=O)=O)c2)c1O. The van der Waals surface area contributed by atoms with Crippen molar-refractivity contribution < 1.29 is 22.7 Å². The molecule has 4 rings (SSSR count). The Morgan fingerprint density at radius 3 is 2.67 bits per heavy atom. The lowest BCUT2D eigenvalue weighted by molar-refractivity contribution is 0.371. The number of nitrogens with one attached hydrogen (secondary N) is 1. The molecular formula is C21H19N3O5S. The molecule has 0 saturated carbocycles. The number of anilines is 1. The fourth-order valence-electron chi connectivity index (χ4n) is 3.10. The van der Waals surface area contributed by atoms with Crippen molar-refractivity contribution in [1.82, 2.24) is 4.98 Å². The number of rotatable bonds is 6. The number of fused-ring (bicyclic) bond motifs is 1. The highest BCUT2D eigenvalue weighted by molar-refractivity contribution is 7.89. The topological polar surface area (TPSA) is 128 Å². The van der Waals surface area contributed by atoms with Gasteiger partial charge in [0.25, 0.3) is 0 Å². The number of primary sulfonamides is 1. The number of benzene rings is 3. The summed E-state index contributed by atoms with van der Waals surface area (Å²) in [5.41, 5.74) is 2.52. The zero-order valence-corrected chi connectivity index (χ0v) is 16.8. The van der Waals surface area contributed by atoms with Crippen molar-refractivity contribution in [2.75, 3.05) is 12.4 Å².